The van der Waals surface area contributed by atoms with E-state index in [4.69, 9.17) is 12.2 Å². The van der Waals surface area contributed by atoms with E-state index < -0.39 is 0 Å². The zero-order valence-electron chi connectivity index (χ0n) is 13.6. The average molecular weight is 355 g/mol. The van der Waals surface area contributed by atoms with Crippen molar-refractivity contribution in [2.45, 2.75) is 6.92 Å². The molecule has 0 atom stereocenters. The van der Waals surface area contributed by atoms with E-state index in [0.29, 0.717) is 15.8 Å². The fourth-order valence-electron chi connectivity index (χ4n) is 2.52. The highest BCUT2D eigenvalue weighted by atomic mass is 32.2. The minimum absolute atomic E-state index is 0.00187. The summed E-state index contributed by atoms with van der Waals surface area (Å²) in [5, 5.41) is 0. The zero-order chi connectivity index (χ0) is 17.1. The van der Waals surface area contributed by atoms with E-state index in [1.165, 1.54) is 11.8 Å². The van der Waals surface area contributed by atoms with Gasteiger partial charge in [-0.3, -0.25) is 9.69 Å². The molecule has 122 valence electrons. The van der Waals surface area contributed by atoms with E-state index in [1.807, 2.05) is 50.4 Å². The molecule has 1 aliphatic rings. The zero-order valence-corrected chi connectivity index (χ0v) is 15.2. The van der Waals surface area contributed by atoms with Crippen molar-refractivity contribution in [1.29, 1.82) is 0 Å². The highest BCUT2D eigenvalue weighted by Gasteiger charge is 2.30. The van der Waals surface area contributed by atoms with Crippen LogP contribution >= 0.6 is 24.0 Å². The summed E-state index contributed by atoms with van der Waals surface area (Å²) in [6.07, 6.45) is 1.90. The lowest BCUT2D eigenvalue weighted by Gasteiger charge is -2.19. The number of hydrogen-bond acceptors (Lipinski definition) is 4. The summed E-state index contributed by atoms with van der Waals surface area (Å²) in [4.78, 5) is 16.7. The molecule has 1 heterocycles. The highest BCUT2D eigenvalue weighted by Crippen LogP contribution is 2.32. The first-order valence-electron chi connectivity index (χ1n) is 7.74. The Hall–Kier alpha value is -2.11. The van der Waals surface area contributed by atoms with Crippen molar-refractivity contribution in [3.05, 3.63) is 65.1 Å². The molecule has 24 heavy (non-hydrogen) atoms. The number of carbonyl (C=O) groups is 1. The molecule has 1 aliphatic heterocycles. The summed E-state index contributed by atoms with van der Waals surface area (Å²) in [7, 11) is 2.04. The number of amides is 1. The standard InChI is InChI=1S/C19H18N2OS2/c1-3-21-18(22)17(24-19(21)23)13-14-9-11-16(12-10-14)20(2)15-7-5-4-6-8-15/h4-13H,3H2,1-2H3. The molecule has 0 N–H and O–H groups in total. The molecule has 0 spiro atoms. The van der Waals surface area contributed by atoms with Crippen LogP contribution < -0.4 is 4.90 Å². The Bertz CT molecular complexity index is 785. The Morgan fingerprint density at radius 3 is 2.29 bits per heavy atom. The van der Waals surface area contributed by atoms with E-state index in [9.17, 15) is 4.79 Å². The van der Waals surface area contributed by atoms with E-state index >= 15 is 0 Å². The van der Waals surface area contributed by atoms with Gasteiger partial charge in [0.2, 0.25) is 0 Å². The summed E-state index contributed by atoms with van der Waals surface area (Å²) in [5.74, 6) is -0.00187. The first kappa shape index (κ1) is 16.7. The lowest BCUT2D eigenvalue weighted by molar-refractivity contribution is -0.121. The number of rotatable bonds is 4. The van der Waals surface area contributed by atoms with Crippen LogP contribution in [0.25, 0.3) is 6.08 Å². The molecular weight excluding hydrogens is 336 g/mol. The molecule has 2 aromatic rings. The third-order valence-electron chi connectivity index (χ3n) is 3.91. The van der Waals surface area contributed by atoms with Crippen LogP contribution in [0.5, 0.6) is 0 Å². The summed E-state index contributed by atoms with van der Waals surface area (Å²) in [6.45, 7) is 2.55. The molecule has 0 aliphatic carbocycles. The number of benzene rings is 2. The molecule has 1 saturated heterocycles. The molecule has 0 saturated carbocycles. The number of nitrogens with zero attached hydrogens (tertiary/aromatic N) is 2. The second-order valence-electron chi connectivity index (χ2n) is 5.41. The number of hydrogen-bond donors (Lipinski definition) is 0. The van der Waals surface area contributed by atoms with Gasteiger partial charge >= 0.3 is 0 Å². The Morgan fingerprint density at radius 1 is 1.08 bits per heavy atom. The maximum atomic E-state index is 12.3. The number of thiocarbonyl (C=S) groups is 1. The lowest BCUT2D eigenvalue weighted by atomic mass is 10.1. The van der Waals surface area contributed by atoms with Gasteiger partial charge in [-0.2, -0.15) is 0 Å². The molecule has 3 nitrogen and oxygen atoms in total. The van der Waals surface area contributed by atoms with Crippen molar-refractivity contribution in [3.8, 4) is 0 Å². The van der Waals surface area contributed by atoms with E-state index in [2.05, 4.69) is 29.2 Å². The van der Waals surface area contributed by atoms with Crippen LogP contribution in [-0.2, 0) is 4.79 Å². The van der Waals surface area contributed by atoms with Gasteiger partial charge in [0, 0.05) is 25.0 Å². The SMILES string of the molecule is CCN1C(=O)C(=Cc2ccc(N(C)c3ccccc3)cc2)SC1=S. The van der Waals surface area contributed by atoms with Crippen LogP contribution in [-0.4, -0.2) is 28.7 Å². The average Bonchev–Trinajstić information content (AvgIpc) is 2.88. The smallest absolute Gasteiger partial charge is 0.266 e. The number of para-hydroxylation sites is 1. The largest absolute Gasteiger partial charge is 0.345 e. The number of carbonyl (C=O) groups excluding carboxylic acids is 1. The van der Waals surface area contributed by atoms with E-state index in [0.717, 1.165) is 16.9 Å². The summed E-state index contributed by atoms with van der Waals surface area (Å²) in [5.41, 5.74) is 3.23. The molecular formula is C19H18N2OS2. The third kappa shape index (κ3) is 3.37. The van der Waals surface area contributed by atoms with Crippen molar-refractivity contribution in [3.63, 3.8) is 0 Å². The van der Waals surface area contributed by atoms with Crippen LogP contribution in [0, 0.1) is 0 Å². The van der Waals surface area contributed by atoms with Crippen LogP contribution in [0.15, 0.2) is 59.5 Å². The second kappa shape index (κ2) is 7.20. The molecule has 1 fully saturated rings. The minimum Gasteiger partial charge on any atom is -0.345 e. The molecule has 1 amide bonds. The van der Waals surface area contributed by atoms with Gasteiger partial charge in [-0.25, -0.2) is 0 Å². The second-order valence-corrected chi connectivity index (χ2v) is 7.09. The lowest BCUT2D eigenvalue weighted by Crippen LogP contribution is -2.27. The van der Waals surface area contributed by atoms with Crippen molar-refractivity contribution in [1.82, 2.24) is 4.90 Å². The van der Waals surface area contributed by atoms with Gasteiger partial charge in [-0.15, -0.1) is 0 Å². The monoisotopic (exact) mass is 354 g/mol. The highest BCUT2D eigenvalue weighted by molar-refractivity contribution is 8.26. The maximum Gasteiger partial charge on any atom is 0.266 e. The number of thioether (sulfide) groups is 1. The molecule has 0 unspecified atom stereocenters. The third-order valence-corrected chi connectivity index (χ3v) is 5.29. The summed E-state index contributed by atoms with van der Waals surface area (Å²) >= 11 is 6.61. The number of likely N-dealkylation sites (N-methyl/N-ethyl adjacent to an activating group) is 1. The van der Waals surface area contributed by atoms with Gasteiger partial charge in [0.05, 0.1) is 4.91 Å². The molecule has 5 heteroatoms. The molecule has 0 bridgehead atoms. The van der Waals surface area contributed by atoms with Crippen LogP contribution in [0.1, 0.15) is 12.5 Å². The molecule has 3 rings (SSSR count). The Labute approximate surface area is 152 Å². The number of anilines is 2. The van der Waals surface area contributed by atoms with Crippen LogP contribution in [0.3, 0.4) is 0 Å². The van der Waals surface area contributed by atoms with Crippen LogP contribution in [0.2, 0.25) is 0 Å². The van der Waals surface area contributed by atoms with E-state index in [-0.39, 0.29) is 5.91 Å². The minimum atomic E-state index is -0.00187. The maximum absolute atomic E-state index is 12.3. The predicted octanol–water partition coefficient (Wildman–Crippen LogP) is 4.68. The summed E-state index contributed by atoms with van der Waals surface area (Å²) < 4.78 is 0.634. The first-order chi connectivity index (χ1) is 11.6. The van der Waals surface area contributed by atoms with Crippen molar-refractivity contribution in [2.24, 2.45) is 0 Å². The van der Waals surface area contributed by atoms with Crippen molar-refractivity contribution < 1.29 is 4.79 Å². The molecule has 2 aromatic carbocycles. The van der Waals surface area contributed by atoms with Gasteiger partial charge in [0.25, 0.3) is 5.91 Å². The van der Waals surface area contributed by atoms with Crippen LogP contribution in [0.4, 0.5) is 11.4 Å². The molecule has 0 radical (unpaired) electrons. The first-order valence-corrected chi connectivity index (χ1v) is 8.97. The molecule has 0 aromatic heterocycles. The Kier molecular flexibility index (Phi) is 5.02. The van der Waals surface area contributed by atoms with Gasteiger partial charge in [0.1, 0.15) is 4.32 Å². The fraction of sp³-hybridized carbons (Fsp3) is 0.158. The van der Waals surface area contributed by atoms with Gasteiger partial charge in [-0.05, 0) is 42.8 Å². The van der Waals surface area contributed by atoms with Gasteiger partial charge in [-0.1, -0.05) is 54.3 Å². The van der Waals surface area contributed by atoms with Crippen molar-refractivity contribution in [2.75, 3.05) is 18.5 Å². The fourth-order valence-corrected chi connectivity index (χ4v) is 3.90. The quantitative estimate of drug-likeness (QED) is 0.588. The van der Waals surface area contributed by atoms with Gasteiger partial charge < -0.3 is 4.90 Å². The predicted molar refractivity (Wildman–Crippen MR) is 107 cm³/mol. The Morgan fingerprint density at radius 2 is 1.71 bits per heavy atom. The topological polar surface area (TPSA) is 23.6 Å². The van der Waals surface area contributed by atoms with E-state index in [1.54, 1.807) is 4.90 Å². The van der Waals surface area contributed by atoms with Gasteiger partial charge in [0.15, 0.2) is 0 Å². The Balaban J connectivity index is 1.79. The summed E-state index contributed by atoms with van der Waals surface area (Å²) in [6, 6.07) is 18.4. The van der Waals surface area contributed by atoms with Crippen molar-refractivity contribution >= 4 is 51.7 Å². The normalized spacial score (nSPS) is 16.1.